The molecule has 0 aromatic heterocycles. The Labute approximate surface area is 83.8 Å². The van der Waals surface area contributed by atoms with Crippen molar-refractivity contribution in [2.75, 3.05) is 26.3 Å². The Bertz CT molecular complexity index is 164. The fourth-order valence-electron chi connectivity index (χ4n) is 0.802. The van der Waals surface area contributed by atoms with Crippen molar-refractivity contribution in [1.82, 2.24) is 21.3 Å². The first-order valence-electron chi connectivity index (χ1n) is 4.69. The summed E-state index contributed by atoms with van der Waals surface area (Å²) in [4.78, 5) is 21.8. The molecule has 0 aromatic carbocycles. The van der Waals surface area contributed by atoms with Crippen LogP contribution >= 0.6 is 0 Å². The molecule has 0 aliphatic heterocycles. The number of nitrogens with one attached hydrogen (secondary N) is 4. The Hall–Kier alpha value is -1.30. The van der Waals surface area contributed by atoms with Gasteiger partial charge in [-0.2, -0.15) is 0 Å². The summed E-state index contributed by atoms with van der Waals surface area (Å²) in [6.07, 6.45) is 0. The zero-order valence-corrected chi connectivity index (χ0v) is 8.64. The molecular formula is C8H18N4O2. The van der Waals surface area contributed by atoms with Gasteiger partial charge in [0.15, 0.2) is 0 Å². The highest BCUT2D eigenvalue weighted by Crippen LogP contribution is 1.64. The maximum Gasteiger partial charge on any atom is 0.315 e. The summed E-state index contributed by atoms with van der Waals surface area (Å²) in [5.41, 5.74) is 0. The molecule has 0 radical (unpaired) electrons. The SMILES string of the molecule is CCNC(=O)CNCNC(=O)NCC. The first-order valence-corrected chi connectivity index (χ1v) is 4.69. The van der Waals surface area contributed by atoms with Gasteiger partial charge >= 0.3 is 6.03 Å². The summed E-state index contributed by atoms with van der Waals surface area (Å²) >= 11 is 0. The van der Waals surface area contributed by atoms with Gasteiger partial charge in [0.1, 0.15) is 0 Å². The maximum absolute atomic E-state index is 10.9. The quantitative estimate of drug-likeness (QED) is 0.329. The van der Waals surface area contributed by atoms with Gasteiger partial charge in [-0.1, -0.05) is 0 Å². The van der Waals surface area contributed by atoms with Gasteiger partial charge in [-0.15, -0.1) is 0 Å². The van der Waals surface area contributed by atoms with E-state index in [0.717, 1.165) is 0 Å². The summed E-state index contributed by atoms with van der Waals surface area (Å²) in [6.45, 7) is 5.38. The van der Waals surface area contributed by atoms with Crippen LogP contribution in [0.15, 0.2) is 0 Å². The standard InChI is InChI=1S/C8H18N4O2/c1-3-10-7(13)5-9-6-12-8(14)11-4-2/h9H,3-6H2,1-2H3,(H,10,13)(H2,11,12,14). The monoisotopic (exact) mass is 202 g/mol. The van der Waals surface area contributed by atoms with Crippen LogP contribution < -0.4 is 21.3 Å². The number of hydrogen-bond donors (Lipinski definition) is 4. The van der Waals surface area contributed by atoms with E-state index < -0.39 is 0 Å². The zero-order chi connectivity index (χ0) is 10.8. The van der Waals surface area contributed by atoms with E-state index >= 15 is 0 Å². The molecule has 0 aliphatic carbocycles. The van der Waals surface area contributed by atoms with E-state index in [-0.39, 0.29) is 25.2 Å². The number of hydrogen-bond acceptors (Lipinski definition) is 3. The normalized spacial score (nSPS) is 9.29. The van der Waals surface area contributed by atoms with Crippen molar-refractivity contribution in [3.63, 3.8) is 0 Å². The van der Waals surface area contributed by atoms with E-state index in [1.54, 1.807) is 0 Å². The molecule has 0 atom stereocenters. The lowest BCUT2D eigenvalue weighted by Crippen LogP contribution is -2.43. The fourth-order valence-corrected chi connectivity index (χ4v) is 0.802. The number of carbonyl (C=O) groups is 2. The Morgan fingerprint density at radius 3 is 2.21 bits per heavy atom. The van der Waals surface area contributed by atoms with Crippen LogP contribution in [0.4, 0.5) is 4.79 Å². The molecule has 6 nitrogen and oxygen atoms in total. The molecule has 4 N–H and O–H groups in total. The number of urea groups is 1. The van der Waals surface area contributed by atoms with Crippen molar-refractivity contribution in [1.29, 1.82) is 0 Å². The summed E-state index contributed by atoms with van der Waals surface area (Å²) in [6, 6.07) is -0.240. The summed E-state index contributed by atoms with van der Waals surface area (Å²) in [7, 11) is 0. The lowest BCUT2D eigenvalue weighted by atomic mass is 10.5. The summed E-state index contributed by atoms with van der Waals surface area (Å²) < 4.78 is 0. The van der Waals surface area contributed by atoms with E-state index in [1.807, 2.05) is 13.8 Å². The zero-order valence-electron chi connectivity index (χ0n) is 8.64. The Morgan fingerprint density at radius 1 is 1.00 bits per heavy atom. The molecule has 6 heteroatoms. The highest BCUT2D eigenvalue weighted by molar-refractivity contribution is 5.78. The molecule has 0 fully saturated rings. The molecule has 0 rings (SSSR count). The lowest BCUT2D eigenvalue weighted by Gasteiger charge is -2.07. The van der Waals surface area contributed by atoms with Gasteiger partial charge in [0.2, 0.25) is 5.91 Å². The molecule has 0 aliphatic rings. The first kappa shape index (κ1) is 12.7. The van der Waals surface area contributed by atoms with Gasteiger partial charge < -0.3 is 16.0 Å². The largest absolute Gasteiger partial charge is 0.355 e. The summed E-state index contributed by atoms with van der Waals surface area (Å²) in [5.74, 6) is -0.0785. The second-order valence-corrected chi connectivity index (χ2v) is 2.59. The van der Waals surface area contributed by atoms with Gasteiger partial charge in [0.05, 0.1) is 13.2 Å². The second-order valence-electron chi connectivity index (χ2n) is 2.59. The third-order valence-electron chi connectivity index (χ3n) is 1.37. The first-order chi connectivity index (χ1) is 6.70. The van der Waals surface area contributed by atoms with Crippen molar-refractivity contribution in [2.24, 2.45) is 0 Å². The number of likely N-dealkylation sites (N-methyl/N-ethyl adjacent to an activating group) is 1. The average molecular weight is 202 g/mol. The lowest BCUT2D eigenvalue weighted by molar-refractivity contribution is -0.120. The molecule has 14 heavy (non-hydrogen) atoms. The summed E-state index contributed by atoms with van der Waals surface area (Å²) in [5, 5.41) is 10.5. The minimum atomic E-state index is -0.240. The highest BCUT2D eigenvalue weighted by Gasteiger charge is 1.98. The van der Waals surface area contributed by atoms with Crippen molar-refractivity contribution in [3.8, 4) is 0 Å². The van der Waals surface area contributed by atoms with Crippen LogP contribution in [-0.2, 0) is 4.79 Å². The minimum absolute atomic E-state index is 0.0785. The minimum Gasteiger partial charge on any atom is -0.355 e. The Morgan fingerprint density at radius 2 is 1.64 bits per heavy atom. The van der Waals surface area contributed by atoms with Crippen molar-refractivity contribution < 1.29 is 9.59 Å². The Kier molecular flexibility index (Phi) is 7.53. The van der Waals surface area contributed by atoms with E-state index in [4.69, 9.17) is 0 Å². The predicted octanol–water partition coefficient (Wildman–Crippen LogP) is -1.01. The van der Waals surface area contributed by atoms with Crippen LogP contribution in [0.25, 0.3) is 0 Å². The van der Waals surface area contributed by atoms with Crippen molar-refractivity contribution in [2.45, 2.75) is 13.8 Å². The van der Waals surface area contributed by atoms with Gasteiger partial charge in [-0.05, 0) is 13.8 Å². The molecule has 0 saturated carbocycles. The third-order valence-corrected chi connectivity index (χ3v) is 1.37. The smallest absolute Gasteiger partial charge is 0.315 e. The van der Waals surface area contributed by atoms with E-state index in [2.05, 4.69) is 21.3 Å². The molecule has 0 unspecified atom stereocenters. The predicted molar refractivity (Wildman–Crippen MR) is 53.8 cm³/mol. The van der Waals surface area contributed by atoms with Crippen LogP contribution in [0.1, 0.15) is 13.8 Å². The number of amides is 3. The maximum atomic E-state index is 10.9. The second kappa shape index (κ2) is 8.31. The van der Waals surface area contributed by atoms with Crippen molar-refractivity contribution >= 4 is 11.9 Å². The molecule has 0 saturated heterocycles. The van der Waals surface area contributed by atoms with Crippen LogP contribution in [0.5, 0.6) is 0 Å². The average Bonchev–Trinajstić information content (AvgIpc) is 2.13. The molecule has 0 spiro atoms. The fraction of sp³-hybridized carbons (Fsp3) is 0.750. The molecule has 0 aromatic rings. The molecule has 0 heterocycles. The van der Waals surface area contributed by atoms with Gasteiger partial charge in [-0.25, -0.2) is 4.79 Å². The highest BCUT2D eigenvalue weighted by atomic mass is 16.2. The van der Waals surface area contributed by atoms with E-state index in [1.165, 1.54) is 0 Å². The van der Waals surface area contributed by atoms with Crippen LogP contribution in [0.2, 0.25) is 0 Å². The molecule has 3 amide bonds. The molecular weight excluding hydrogens is 184 g/mol. The van der Waals surface area contributed by atoms with Gasteiger partial charge in [-0.3, -0.25) is 10.1 Å². The van der Waals surface area contributed by atoms with Crippen LogP contribution in [-0.4, -0.2) is 38.2 Å². The Balaban J connectivity index is 3.28. The molecule has 82 valence electrons. The van der Waals surface area contributed by atoms with Gasteiger partial charge in [0.25, 0.3) is 0 Å². The van der Waals surface area contributed by atoms with Crippen LogP contribution in [0.3, 0.4) is 0 Å². The molecule has 0 bridgehead atoms. The number of rotatable bonds is 6. The van der Waals surface area contributed by atoms with Gasteiger partial charge in [0, 0.05) is 13.1 Å². The number of carbonyl (C=O) groups excluding carboxylic acids is 2. The van der Waals surface area contributed by atoms with Crippen LogP contribution in [0, 0.1) is 0 Å². The topological polar surface area (TPSA) is 82.3 Å². The van der Waals surface area contributed by atoms with Crippen molar-refractivity contribution in [3.05, 3.63) is 0 Å². The van der Waals surface area contributed by atoms with E-state index in [0.29, 0.717) is 13.1 Å². The third kappa shape index (κ3) is 7.35. The van der Waals surface area contributed by atoms with E-state index in [9.17, 15) is 9.59 Å².